The molecule has 1 N–H and O–H groups in total. The van der Waals surface area contributed by atoms with Gasteiger partial charge in [0.15, 0.2) is 9.84 Å². The molecule has 1 atom stereocenters. The maximum atomic E-state index is 12.7. The second-order valence-electron chi connectivity index (χ2n) is 8.26. The van der Waals surface area contributed by atoms with Gasteiger partial charge in [0.05, 0.1) is 22.3 Å². The molecule has 0 bridgehead atoms. The third-order valence-electron chi connectivity index (χ3n) is 6.06. The summed E-state index contributed by atoms with van der Waals surface area (Å²) in [6.07, 6.45) is 0.428. The van der Waals surface area contributed by atoms with Crippen molar-refractivity contribution in [2.24, 2.45) is 0 Å². The molecular weight excluding hydrogens is 398 g/mol. The second-order valence-corrected chi connectivity index (χ2v) is 10.3. The van der Waals surface area contributed by atoms with E-state index in [2.05, 4.69) is 28.9 Å². The van der Waals surface area contributed by atoms with Crippen molar-refractivity contribution in [2.75, 3.05) is 35.2 Å². The monoisotopic (exact) mass is 423 g/mol. The molecule has 0 saturated carbocycles. The number of β-amino-alcohol motifs (C(OH)–C–C–N with tert-alkyl or cyclic N) is 1. The number of aryl methyl sites for hydroxylation is 1. The van der Waals surface area contributed by atoms with Gasteiger partial charge in [-0.1, -0.05) is 29.8 Å². The molecule has 3 aromatic rings. The molecule has 2 aliphatic rings. The number of benzene rings is 2. The first-order valence-corrected chi connectivity index (χ1v) is 12.0. The van der Waals surface area contributed by atoms with Gasteiger partial charge in [0.25, 0.3) is 0 Å². The van der Waals surface area contributed by atoms with Gasteiger partial charge >= 0.3 is 0 Å². The molecule has 6 nitrogen and oxygen atoms in total. The average Bonchev–Trinajstić information content (AvgIpc) is 3.11. The lowest BCUT2D eigenvalue weighted by atomic mass is 10.1. The zero-order valence-electron chi connectivity index (χ0n) is 17.0. The molecule has 7 heteroatoms. The largest absolute Gasteiger partial charge is 0.391 e. The summed E-state index contributed by atoms with van der Waals surface area (Å²) in [6, 6.07) is 15.5. The fourth-order valence-corrected chi connectivity index (χ4v) is 5.95. The molecule has 3 heterocycles. The summed E-state index contributed by atoms with van der Waals surface area (Å²) in [6.45, 7) is 4.35. The molecule has 0 spiro atoms. The third-order valence-corrected chi connectivity index (χ3v) is 7.84. The lowest BCUT2D eigenvalue weighted by Crippen LogP contribution is -2.27. The lowest BCUT2D eigenvalue weighted by molar-refractivity contribution is 0.198. The Labute approximate surface area is 176 Å². The molecule has 1 aromatic heterocycles. The number of anilines is 2. The molecule has 0 unspecified atom stereocenters. The SMILES string of the molecule is Cc1ccc2nc(N3CCS(=O)(=O)c4ccccc4C3)cc(N3CC[C@H](O)C3)c2c1. The molecule has 2 aromatic carbocycles. The Bertz CT molecular complexity index is 1230. The Hall–Kier alpha value is -2.64. The summed E-state index contributed by atoms with van der Waals surface area (Å²) < 4.78 is 25.5. The van der Waals surface area contributed by atoms with Gasteiger partial charge in [0.2, 0.25) is 0 Å². The smallest absolute Gasteiger partial charge is 0.180 e. The molecule has 156 valence electrons. The van der Waals surface area contributed by atoms with E-state index in [0.717, 1.165) is 46.5 Å². The Morgan fingerprint density at radius 3 is 2.70 bits per heavy atom. The number of fused-ring (bicyclic) bond motifs is 2. The number of pyridine rings is 1. The van der Waals surface area contributed by atoms with Crippen molar-refractivity contribution in [3.05, 3.63) is 59.7 Å². The van der Waals surface area contributed by atoms with Crippen molar-refractivity contribution >= 4 is 32.2 Å². The van der Waals surface area contributed by atoms with Crippen molar-refractivity contribution in [3.8, 4) is 0 Å². The van der Waals surface area contributed by atoms with Crippen LogP contribution in [0.3, 0.4) is 0 Å². The minimum absolute atomic E-state index is 0.0649. The maximum absolute atomic E-state index is 12.7. The number of sulfone groups is 1. The van der Waals surface area contributed by atoms with Gasteiger partial charge in [-0.15, -0.1) is 0 Å². The van der Waals surface area contributed by atoms with Gasteiger partial charge in [-0.3, -0.25) is 0 Å². The van der Waals surface area contributed by atoms with Gasteiger partial charge in [-0.05, 0) is 37.1 Å². The fourth-order valence-electron chi connectivity index (χ4n) is 4.45. The van der Waals surface area contributed by atoms with E-state index in [0.29, 0.717) is 24.5 Å². The summed E-state index contributed by atoms with van der Waals surface area (Å²) in [5.74, 6) is 0.838. The van der Waals surface area contributed by atoms with Gasteiger partial charge < -0.3 is 14.9 Å². The van der Waals surface area contributed by atoms with Gasteiger partial charge in [-0.25, -0.2) is 13.4 Å². The highest BCUT2D eigenvalue weighted by Crippen LogP contribution is 2.34. The minimum Gasteiger partial charge on any atom is -0.391 e. The predicted octanol–water partition coefficient (Wildman–Crippen LogP) is 2.91. The van der Waals surface area contributed by atoms with Crippen LogP contribution in [0.25, 0.3) is 10.9 Å². The first kappa shape index (κ1) is 19.3. The number of aromatic nitrogens is 1. The van der Waals surface area contributed by atoms with Gasteiger partial charge in [0.1, 0.15) is 5.82 Å². The summed E-state index contributed by atoms with van der Waals surface area (Å²) in [4.78, 5) is 9.58. The van der Waals surface area contributed by atoms with E-state index in [1.165, 1.54) is 0 Å². The standard InChI is InChI=1S/C23H25N3O3S/c1-16-6-7-20-19(12-16)21(25-9-8-18(27)15-25)13-23(24-20)26-10-11-30(28,29)22-5-3-2-4-17(22)14-26/h2-7,12-13,18,27H,8-11,14-15H2,1H3/t18-/m0/s1. The van der Waals surface area contributed by atoms with Crippen molar-refractivity contribution in [1.29, 1.82) is 0 Å². The molecule has 0 aliphatic carbocycles. The second kappa shape index (κ2) is 7.25. The van der Waals surface area contributed by atoms with E-state index < -0.39 is 9.84 Å². The van der Waals surface area contributed by atoms with E-state index in [1.807, 2.05) is 24.3 Å². The maximum Gasteiger partial charge on any atom is 0.180 e. The number of nitrogens with zero attached hydrogens (tertiary/aromatic N) is 3. The lowest BCUT2D eigenvalue weighted by Gasteiger charge is -2.26. The molecule has 0 radical (unpaired) electrons. The van der Waals surface area contributed by atoms with Crippen LogP contribution in [0.15, 0.2) is 53.4 Å². The zero-order valence-corrected chi connectivity index (χ0v) is 17.8. The van der Waals surface area contributed by atoms with E-state index in [1.54, 1.807) is 12.1 Å². The molecule has 1 fully saturated rings. The number of hydrogen-bond donors (Lipinski definition) is 1. The van der Waals surface area contributed by atoms with Crippen molar-refractivity contribution in [1.82, 2.24) is 4.98 Å². The van der Waals surface area contributed by atoms with E-state index in [4.69, 9.17) is 4.98 Å². The number of aliphatic hydroxyl groups is 1. The van der Waals surface area contributed by atoms with Crippen molar-refractivity contribution < 1.29 is 13.5 Å². The third kappa shape index (κ3) is 3.42. The molecule has 0 amide bonds. The van der Waals surface area contributed by atoms with Crippen LogP contribution in [0.5, 0.6) is 0 Å². The highest BCUT2D eigenvalue weighted by molar-refractivity contribution is 7.91. The van der Waals surface area contributed by atoms with E-state index >= 15 is 0 Å². The first-order valence-electron chi connectivity index (χ1n) is 10.3. The summed E-state index contributed by atoms with van der Waals surface area (Å²) in [7, 11) is -3.31. The topological polar surface area (TPSA) is 73.7 Å². The summed E-state index contributed by atoms with van der Waals surface area (Å²) in [5, 5.41) is 11.1. The number of rotatable bonds is 2. The Morgan fingerprint density at radius 1 is 1.07 bits per heavy atom. The van der Waals surface area contributed by atoms with E-state index in [-0.39, 0.29) is 11.9 Å². The highest BCUT2D eigenvalue weighted by atomic mass is 32.2. The van der Waals surface area contributed by atoms with Crippen LogP contribution < -0.4 is 9.80 Å². The highest BCUT2D eigenvalue weighted by Gasteiger charge is 2.28. The molecule has 1 saturated heterocycles. The van der Waals surface area contributed by atoms with Crippen LogP contribution in [0, 0.1) is 6.92 Å². The van der Waals surface area contributed by atoms with Crippen LogP contribution in [-0.2, 0) is 16.4 Å². The zero-order chi connectivity index (χ0) is 20.9. The molecule has 30 heavy (non-hydrogen) atoms. The quantitative estimate of drug-likeness (QED) is 0.683. The molecule has 2 aliphatic heterocycles. The van der Waals surface area contributed by atoms with Crippen LogP contribution in [0.1, 0.15) is 17.5 Å². The van der Waals surface area contributed by atoms with Gasteiger partial charge in [0, 0.05) is 43.3 Å². The summed E-state index contributed by atoms with van der Waals surface area (Å²) in [5.41, 5.74) is 3.90. The van der Waals surface area contributed by atoms with Crippen molar-refractivity contribution in [2.45, 2.75) is 30.9 Å². The average molecular weight is 424 g/mol. The number of aliphatic hydroxyl groups excluding tert-OH is 1. The van der Waals surface area contributed by atoms with Crippen LogP contribution in [0.4, 0.5) is 11.5 Å². The Kier molecular flexibility index (Phi) is 4.67. The first-order chi connectivity index (χ1) is 14.4. The van der Waals surface area contributed by atoms with Gasteiger partial charge in [-0.2, -0.15) is 0 Å². The fraction of sp³-hybridized carbons (Fsp3) is 0.348. The van der Waals surface area contributed by atoms with Crippen molar-refractivity contribution in [3.63, 3.8) is 0 Å². The molecular formula is C23H25N3O3S. The molecule has 5 rings (SSSR count). The predicted molar refractivity (Wildman–Crippen MR) is 119 cm³/mol. The normalized spacial score (nSPS) is 20.9. The Balaban J connectivity index is 1.62. The van der Waals surface area contributed by atoms with Crippen LogP contribution in [0.2, 0.25) is 0 Å². The number of hydrogen-bond acceptors (Lipinski definition) is 6. The van der Waals surface area contributed by atoms with Crippen LogP contribution >= 0.6 is 0 Å². The van der Waals surface area contributed by atoms with Crippen LogP contribution in [-0.4, -0.2) is 50.0 Å². The summed E-state index contributed by atoms with van der Waals surface area (Å²) >= 11 is 0. The van der Waals surface area contributed by atoms with E-state index in [9.17, 15) is 13.5 Å². The Morgan fingerprint density at radius 2 is 1.90 bits per heavy atom. The minimum atomic E-state index is -3.31.